The van der Waals surface area contributed by atoms with Gasteiger partial charge < -0.3 is 10.2 Å². The number of nitrogens with one attached hydrogen (secondary N) is 1. The van der Waals surface area contributed by atoms with Crippen LogP contribution < -0.4 is 5.32 Å². The normalized spacial score (nSPS) is 24.3. The monoisotopic (exact) mass is 306 g/mol. The summed E-state index contributed by atoms with van der Waals surface area (Å²) in [6.45, 7) is 3.27. The van der Waals surface area contributed by atoms with Gasteiger partial charge in [-0.1, -0.05) is 25.3 Å². The Labute approximate surface area is 131 Å². The molecule has 0 radical (unpaired) electrons. The molecule has 1 aliphatic heterocycles. The number of amides is 1. The summed E-state index contributed by atoms with van der Waals surface area (Å²) < 4.78 is 0. The quantitative estimate of drug-likeness (QED) is 0.907. The highest BCUT2D eigenvalue weighted by atomic mass is 32.1. The average molecular weight is 306 g/mol. The maximum Gasteiger partial charge on any atom is 0.225 e. The molecule has 2 aliphatic rings. The fourth-order valence-corrected chi connectivity index (χ4v) is 4.40. The molecule has 1 aromatic heterocycles. The van der Waals surface area contributed by atoms with Crippen LogP contribution in [0, 0.1) is 5.92 Å². The summed E-state index contributed by atoms with van der Waals surface area (Å²) in [5.41, 5.74) is 0. The first-order chi connectivity index (χ1) is 10.3. The van der Waals surface area contributed by atoms with Gasteiger partial charge in [-0.25, -0.2) is 0 Å². The van der Waals surface area contributed by atoms with E-state index in [4.69, 9.17) is 0 Å². The van der Waals surface area contributed by atoms with Crippen LogP contribution in [0.4, 0.5) is 0 Å². The topological polar surface area (TPSA) is 32.3 Å². The zero-order valence-electron chi connectivity index (χ0n) is 12.7. The largest absolute Gasteiger partial charge is 0.355 e. The third kappa shape index (κ3) is 4.30. The Hall–Kier alpha value is -0.870. The van der Waals surface area contributed by atoms with Gasteiger partial charge in [-0.3, -0.25) is 4.79 Å². The van der Waals surface area contributed by atoms with Crippen LogP contribution in [0.3, 0.4) is 0 Å². The van der Waals surface area contributed by atoms with Gasteiger partial charge in [-0.15, -0.1) is 11.3 Å². The summed E-state index contributed by atoms with van der Waals surface area (Å²) in [7, 11) is 0. The first-order valence-electron chi connectivity index (χ1n) is 8.34. The molecule has 3 rings (SSSR count). The molecule has 1 saturated heterocycles. The van der Waals surface area contributed by atoms with Crippen molar-refractivity contribution in [1.82, 2.24) is 10.2 Å². The van der Waals surface area contributed by atoms with Crippen molar-refractivity contribution in [2.24, 2.45) is 5.92 Å². The SMILES string of the molecule is O=C(Cc1cccs1)NC[C@@H]1CCN(C2CCCCC2)C1. The molecule has 0 spiro atoms. The fourth-order valence-electron chi connectivity index (χ4n) is 3.70. The molecular formula is C17H26N2OS. The zero-order chi connectivity index (χ0) is 14.5. The predicted molar refractivity (Wildman–Crippen MR) is 87.6 cm³/mol. The van der Waals surface area contributed by atoms with Crippen molar-refractivity contribution in [1.29, 1.82) is 0 Å². The molecule has 21 heavy (non-hydrogen) atoms. The van der Waals surface area contributed by atoms with E-state index >= 15 is 0 Å². The van der Waals surface area contributed by atoms with Crippen LogP contribution in [0.5, 0.6) is 0 Å². The molecule has 2 heterocycles. The smallest absolute Gasteiger partial charge is 0.225 e. The van der Waals surface area contributed by atoms with E-state index in [0.29, 0.717) is 12.3 Å². The maximum absolute atomic E-state index is 11.9. The van der Waals surface area contributed by atoms with Crippen LogP contribution in [-0.4, -0.2) is 36.5 Å². The Morgan fingerprint density at radius 2 is 2.14 bits per heavy atom. The number of hydrogen-bond acceptors (Lipinski definition) is 3. The summed E-state index contributed by atoms with van der Waals surface area (Å²) in [5, 5.41) is 5.16. The average Bonchev–Trinajstić information content (AvgIpc) is 3.17. The van der Waals surface area contributed by atoms with Gasteiger partial charge in [0.05, 0.1) is 6.42 Å². The number of carbonyl (C=O) groups is 1. The number of carbonyl (C=O) groups excluding carboxylic acids is 1. The van der Waals surface area contributed by atoms with Crippen molar-refractivity contribution < 1.29 is 4.79 Å². The first-order valence-corrected chi connectivity index (χ1v) is 9.22. The Morgan fingerprint density at radius 3 is 2.90 bits per heavy atom. The van der Waals surface area contributed by atoms with E-state index in [9.17, 15) is 4.79 Å². The molecule has 0 unspecified atom stereocenters. The van der Waals surface area contributed by atoms with Crippen LogP contribution in [0.1, 0.15) is 43.4 Å². The summed E-state index contributed by atoms with van der Waals surface area (Å²) in [5.74, 6) is 0.827. The van der Waals surface area contributed by atoms with E-state index in [2.05, 4.69) is 10.2 Å². The number of likely N-dealkylation sites (tertiary alicyclic amines) is 1. The molecular weight excluding hydrogens is 280 g/mol. The van der Waals surface area contributed by atoms with Crippen molar-refractivity contribution in [3.63, 3.8) is 0 Å². The third-order valence-electron chi connectivity index (χ3n) is 4.91. The van der Waals surface area contributed by atoms with Gasteiger partial charge in [-0.2, -0.15) is 0 Å². The van der Waals surface area contributed by atoms with Crippen molar-refractivity contribution in [3.05, 3.63) is 22.4 Å². The highest BCUT2D eigenvalue weighted by molar-refractivity contribution is 7.10. The van der Waals surface area contributed by atoms with E-state index in [1.54, 1.807) is 11.3 Å². The Morgan fingerprint density at radius 1 is 1.29 bits per heavy atom. The number of nitrogens with zero attached hydrogens (tertiary/aromatic N) is 1. The molecule has 1 N–H and O–H groups in total. The standard InChI is InChI=1S/C17H26N2OS/c20-17(11-16-7-4-10-21-16)18-12-14-8-9-19(13-14)15-5-2-1-3-6-15/h4,7,10,14-15H,1-3,5-6,8-9,11-13H2,(H,18,20)/t14-/m0/s1. The van der Waals surface area contributed by atoms with Gasteiger partial charge in [0.2, 0.25) is 5.91 Å². The van der Waals surface area contributed by atoms with Crippen molar-refractivity contribution >= 4 is 17.2 Å². The van der Waals surface area contributed by atoms with E-state index in [1.165, 1.54) is 51.6 Å². The second-order valence-electron chi connectivity index (χ2n) is 6.50. The molecule has 2 fully saturated rings. The lowest BCUT2D eigenvalue weighted by Crippen LogP contribution is -2.36. The molecule has 116 valence electrons. The summed E-state index contributed by atoms with van der Waals surface area (Å²) in [6.07, 6.45) is 8.79. The molecule has 1 atom stereocenters. The zero-order valence-corrected chi connectivity index (χ0v) is 13.5. The fraction of sp³-hybridized carbons (Fsp3) is 0.706. The van der Waals surface area contributed by atoms with Crippen molar-refractivity contribution in [3.8, 4) is 0 Å². The predicted octanol–water partition coefficient (Wildman–Crippen LogP) is 3.06. The molecule has 1 saturated carbocycles. The van der Waals surface area contributed by atoms with Gasteiger partial charge >= 0.3 is 0 Å². The molecule has 0 aromatic carbocycles. The van der Waals surface area contributed by atoms with Crippen LogP contribution in [0.15, 0.2) is 17.5 Å². The minimum absolute atomic E-state index is 0.175. The maximum atomic E-state index is 11.9. The van der Waals surface area contributed by atoms with E-state index < -0.39 is 0 Å². The minimum Gasteiger partial charge on any atom is -0.355 e. The van der Waals surface area contributed by atoms with E-state index in [1.807, 2.05) is 17.5 Å². The lowest BCUT2D eigenvalue weighted by molar-refractivity contribution is -0.120. The lowest BCUT2D eigenvalue weighted by Gasteiger charge is -2.31. The third-order valence-corrected chi connectivity index (χ3v) is 5.79. The Kier molecular flexibility index (Phi) is 5.31. The van der Waals surface area contributed by atoms with Gasteiger partial charge in [0.15, 0.2) is 0 Å². The Bertz CT molecular complexity index is 440. The molecule has 3 nitrogen and oxygen atoms in total. The minimum atomic E-state index is 0.175. The van der Waals surface area contributed by atoms with Crippen LogP contribution >= 0.6 is 11.3 Å². The van der Waals surface area contributed by atoms with Gasteiger partial charge in [0.25, 0.3) is 0 Å². The highest BCUT2D eigenvalue weighted by Gasteiger charge is 2.29. The van der Waals surface area contributed by atoms with Gasteiger partial charge in [-0.05, 0) is 43.2 Å². The summed E-state index contributed by atoms with van der Waals surface area (Å²) in [4.78, 5) is 15.8. The highest BCUT2D eigenvalue weighted by Crippen LogP contribution is 2.27. The summed E-state index contributed by atoms with van der Waals surface area (Å²) >= 11 is 1.66. The number of rotatable bonds is 5. The molecule has 0 bridgehead atoms. The van der Waals surface area contributed by atoms with Crippen molar-refractivity contribution in [2.75, 3.05) is 19.6 Å². The van der Waals surface area contributed by atoms with Gasteiger partial charge in [0.1, 0.15) is 0 Å². The molecule has 1 aliphatic carbocycles. The second kappa shape index (κ2) is 7.41. The second-order valence-corrected chi connectivity index (χ2v) is 7.53. The van der Waals surface area contributed by atoms with Crippen molar-refractivity contribution in [2.45, 2.75) is 51.0 Å². The molecule has 4 heteroatoms. The number of thiophene rings is 1. The van der Waals surface area contributed by atoms with E-state index in [0.717, 1.165) is 17.5 Å². The molecule has 1 aromatic rings. The van der Waals surface area contributed by atoms with Crippen LogP contribution in [0.25, 0.3) is 0 Å². The van der Waals surface area contributed by atoms with Crippen LogP contribution in [-0.2, 0) is 11.2 Å². The Balaban J connectivity index is 1.37. The van der Waals surface area contributed by atoms with E-state index in [-0.39, 0.29) is 5.91 Å². The lowest BCUT2D eigenvalue weighted by atomic mass is 9.94. The molecule has 1 amide bonds. The van der Waals surface area contributed by atoms with Gasteiger partial charge in [0, 0.05) is 24.0 Å². The first kappa shape index (κ1) is 15.0. The van der Waals surface area contributed by atoms with Crippen LogP contribution in [0.2, 0.25) is 0 Å². The summed E-state index contributed by atoms with van der Waals surface area (Å²) in [6, 6.07) is 4.86. The number of hydrogen-bond donors (Lipinski definition) is 1.